The molecule has 20 heavy (non-hydrogen) atoms. The fourth-order valence-corrected chi connectivity index (χ4v) is 2.57. The number of fused-ring (bicyclic) bond motifs is 1. The van der Waals surface area contributed by atoms with E-state index >= 15 is 0 Å². The molecule has 0 aliphatic carbocycles. The first kappa shape index (κ1) is 12.8. The zero-order chi connectivity index (χ0) is 14.2. The first-order valence-corrected chi connectivity index (χ1v) is 6.75. The van der Waals surface area contributed by atoms with Crippen molar-refractivity contribution in [2.75, 3.05) is 7.11 Å². The summed E-state index contributed by atoms with van der Waals surface area (Å²) in [6, 6.07) is 16.3. The maximum atomic E-state index is 6.18. The number of ether oxygens (including phenoxy) is 2. The van der Waals surface area contributed by atoms with Crippen LogP contribution < -0.4 is 4.74 Å². The van der Waals surface area contributed by atoms with Gasteiger partial charge in [-0.1, -0.05) is 24.3 Å². The van der Waals surface area contributed by atoms with Crippen LogP contribution in [0.3, 0.4) is 0 Å². The van der Waals surface area contributed by atoms with Gasteiger partial charge in [-0.25, -0.2) is 0 Å². The van der Waals surface area contributed by atoms with Gasteiger partial charge in [0.15, 0.2) is 0 Å². The smallest absolute Gasteiger partial charge is 0.129 e. The van der Waals surface area contributed by atoms with Gasteiger partial charge in [0.2, 0.25) is 0 Å². The lowest BCUT2D eigenvalue weighted by molar-refractivity contribution is 0.0730. The van der Waals surface area contributed by atoms with Gasteiger partial charge in [-0.2, -0.15) is 0 Å². The molecule has 2 heteroatoms. The predicted molar refractivity (Wildman–Crippen MR) is 81.4 cm³/mol. The van der Waals surface area contributed by atoms with Crippen molar-refractivity contribution < 1.29 is 9.47 Å². The fourth-order valence-electron chi connectivity index (χ4n) is 2.57. The lowest BCUT2D eigenvalue weighted by Crippen LogP contribution is -2.24. The monoisotopic (exact) mass is 266 g/mol. The van der Waals surface area contributed by atoms with Gasteiger partial charge in [-0.05, 0) is 49.8 Å². The van der Waals surface area contributed by atoms with Crippen LogP contribution in [0, 0.1) is 0 Å². The largest absolute Gasteiger partial charge is 0.497 e. The third-order valence-corrected chi connectivity index (χ3v) is 3.64. The number of hydrogen-bond acceptors (Lipinski definition) is 2. The summed E-state index contributed by atoms with van der Waals surface area (Å²) in [7, 11) is 1.67. The average molecular weight is 266 g/mol. The Balaban J connectivity index is 2.05. The minimum Gasteiger partial charge on any atom is -0.497 e. The Bertz CT molecular complexity index is 651. The van der Waals surface area contributed by atoms with Crippen molar-refractivity contribution in [3.63, 3.8) is 0 Å². The summed E-state index contributed by atoms with van der Waals surface area (Å²) in [5, 5.41) is 0. The second kappa shape index (κ2) is 4.71. The van der Waals surface area contributed by atoms with Crippen LogP contribution >= 0.6 is 0 Å². The molecule has 0 N–H and O–H groups in total. The van der Waals surface area contributed by atoms with Crippen LogP contribution in [0.15, 0.2) is 48.5 Å². The molecule has 1 heterocycles. The van der Waals surface area contributed by atoms with Gasteiger partial charge >= 0.3 is 0 Å². The third kappa shape index (κ3) is 2.18. The minimum absolute atomic E-state index is 0.319. The second-order valence-corrected chi connectivity index (χ2v) is 5.44. The topological polar surface area (TPSA) is 18.5 Å². The molecule has 0 bridgehead atoms. The highest BCUT2D eigenvalue weighted by Crippen LogP contribution is 2.39. The van der Waals surface area contributed by atoms with Crippen molar-refractivity contribution >= 4 is 11.8 Å². The van der Waals surface area contributed by atoms with Gasteiger partial charge in [-0.15, -0.1) is 0 Å². The summed E-state index contributed by atoms with van der Waals surface area (Å²) in [5.74, 6) is 1.75. The summed E-state index contributed by atoms with van der Waals surface area (Å²) in [6.45, 7) is 4.20. The minimum atomic E-state index is -0.319. The third-order valence-electron chi connectivity index (χ3n) is 3.64. The second-order valence-electron chi connectivity index (χ2n) is 5.44. The van der Waals surface area contributed by atoms with Crippen LogP contribution in [-0.2, 0) is 10.3 Å². The van der Waals surface area contributed by atoms with Crippen LogP contribution in [-0.4, -0.2) is 7.11 Å². The van der Waals surface area contributed by atoms with Crippen LogP contribution in [0.5, 0.6) is 5.75 Å². The van der Waals surface area contributed by atoms with Crippen LogP contribution in [0.25, 0.3) is 11.8 Å². The van der Waals surface area contributed by atoms with E-state index in [-0.39, 0.29) is 5.60 Å². The Morgan fingerprint density at radius 2 is 1.65 bits per heavy atom. The quantitative estimate of drug-likeness (QED) is 0.799. The molecule has 0 spiro atoms. The average Bonchev–Trinajstić information content (AvgIpc) is 2.47. The molecule has 2 aromatic carbocycles. The van der Waals surface area contributed by atoms with Crippen molar-refractivity contribution in [3.05, 3.63) is 65.2 Å². The standard InChI is InChI=1S/C18H18O2/c1-18(2)16-7-5-4-6-14(16)12-17(20-18)13-8-10-15(19-3)11-9-13/h4-12H,1-3H3. The number of hydrogen-bond donors (Lipinski definition) is 0. The Hall–Kier alpha value is -2.22. The van der Waals surface area contributed by atoms with Crippen LogP contribution in [0.1, 0.15) is 30.5 Å². The molecule has 0 atom stereocenters. The highest BCUT2D eigenvalue weighted by Gasteiger charge is 2.29. The maximum absolute atomic E-state index is 6.18. The Morgan fingerprint density at radius 3 is 2.35 bits per heavy atom. The summed E-state index contributed by atoms with van der Waals surface area (Å²) in [4.78, 5) is 0. The van der Waals surface area contributed by atoms with Gasteiger partial charge in [0.25, 0.3) is 0 Å². The highest BCUT2D eigenvalue weighted by atomic mass is 16.5. The summed E-state index contributed by atoms with van der Waals surface area (Å²) < 4.78 is 11.4. The zero-order valence-electron chi connectivity index (χ0n) is 12.0. The van der Waals surface area contributed by atoms with E-state index in [4.69, 9.17) is 9.47 Å². The molecule has 1 aliphatic heterocycles. The molecule has 0 amide bonds. The van der Waals surface area contributed by atoms with Gasteiger partial charge in [0.05, 0.1) is 7.11 Å². The van der Waals surface area contributed by atoms with Gasteiger partial charge in [0, 0.05) is 11.1 Å². The molecule has 0 saturated carbocycles. The van der Waals surface area contributed by atoms with E-state index in [0.717, 1.165) is 17.1 Å². The summed E-state index contributed by atoms with van der Waals surface area (Å²) in [5.41, 5.74) is 3.18. The molecule has 0 radical (unpaired) electrons. The first-order chi connectivity index (χ1) is 9.60. The Kier molecular flexibility index (Phi) is 3.01. The zero-order valence-corrected chi connectivity index (χ0v) is 12.0. The lowest BCUT2D eigenvalue weighted by Gasteiger charge is -2.33. The van der Waals surface area contributed by atoms with Crippen LogP contribution in [0.2, 0.25) is 0 Å². The van der Waals surface area contributed by atoms with Gasteiger partial charge < -0.3 is 9.47 Å². The van der Waals surface area contributed by atoms with Crippen LogP contribution in [0.4, 0.5) is 0 Å². The number of benzene rings is 2. The molecule has 2 nitrogen and oxygen atoms in total. The predicted octanol–water partition coefficient (Wildman–Crippen LogP) is 4.46. The molecule has 102 valence electrons. The van der Waals surface area contributed by atoms with Gasteiger partial charge in [-0.3, -0.25) is 0 Å². The molecule has 0 aromatic heterocycles. The maximum Gasteiger partial charge on any atom is 0.129 e. The lowest BCUT2D eigenvalue weighted by atomic mass is 9.89. The van der Waals surface area contributed by atoms with Crippen molar-refractivity contribution in [3.8, 4) is 5.75 Å². The number of methoxy groups -OCH3 is 1. The SMILES string of the molecule is COc1ccc(C2=Cc3ccccc3C(C)(C)O2)cc1. The summed E-state index contributed by atoms with van der Waals surface area (Å²) >= 11 is 0. The van der Waals surface area contributed by atoms with E-state index in [1.54, 1.807) is 7.11 Å². The van der Waals surface area contributed by atoms with E-state index in [1.165, 1.54) is 11.1 Å². The van der Waals surface area contributed by atoms with Crippen molar-refractivity contribution in [2.45, 2.75) is 19.4 Å². The van der Waals surface area contributed by atoms with Crippen molar-refractivity contribution in [2.24, 2.45) is 0 Å². The molecule has 0 saturated heterocycles. The van der Waals surface area contributed by atoms with Gasteiger partial charge in [0.1, 0.15) is 17.1 Å². The molecule has 0 fully saturated rings. The van der Waals surface area contributed by atoms with E-state index in [1.807, 2.05) is 24.3 Å². The van der Waals surface area contributed by atoms with E-state index < -0.39 is 0 Å². The van der Waals surface area contributed by atoms with E-state index in [0.29, 0.717) is 0 Å². The number of rotatable bonds is 2. The fraction of sp³-hybridized carbons (Fsp3) is 0.222. The molecular weight excluding hydrogens is 248 g/mol. The highest BCUT2D eigenvalue weighted by molar-refractivity contribution is 5.81. The van der Waals surface area contributed by atoms with Crippen molar-refractivity contribution in [1.29, 1.82) is 0 Å². The molecule has 1 aliphatic rings. The first-order valence-electron chi connectivity index (χ1n) is 6.75. The molecular formula is C18H18O2. The molecule has 2 aromatic rings. The summed E-state index contributed by atoms with van der Waals surface area (Å²) in [6.07, 6.45) is 2.10. The molecule has 0 unspecified atom stereocenters. The normalized spacial score (nSPS) is 15.8. The van der Waals surface area contributed by atoms with E-state index in [9.17, 15) is 0 Å². The van der Waals surface area contributed by atoms with Crippen molar-refractivity contribution in [1.82, 2.24) is 0 Å². The van der Waals surface area contributed by atoms with E-state index in [2.05, 4.69) is 44.2 Å². The Labute approximate surface area is 119 Å². The molecule has 3 rings (SSSR count). The Morgan fingerprint density at radius 1 is 0.950 bits per heavy atom.